The van der Waals surface area contributed by atoms with Crippen molar-refractivity contribution in [3.05, 3.63) is 57.5 Å². The Labute approximate surface area is 199 Å². The van der Waals surface area contributed by atoms with Crippen molar-refractivity contribution in [3.63, 3.8) is 0 Å². The summed E-state index contributed by atoms with van der Waals surface area (Å²) in [4.78, 5) is 11.3. The molecule has 3 aromatic rings. The third kappa shape index (κ3) is 5.27. The maximum atomic E-state index is 12.7. The van der Waals surface area contributed by atoms with Crippen LogP contribution in [-0.2, 0) is 37.6 Å². The molecule has 0 amide bonds. The van der Waals surface area contributed by atoms with Crippen LogP contribution in [0.25, 0.3) is 5.69 Å². The third-order valence-corrected chi connectivity index (χ3v) is 5.84. The molecule has 16 heteroatoms. The van der Waals surface area contributed by atoms with E-state index in [0.717, 1.165) is 28.9 Å². The summed E-state index contributed by atoms with van der Waals surface area (Å²) in [6.45, 7) is 1.40. The fraction of sp³-hybridized carbons (Fsp3) is 0.0625. The average molecular weight is 542 g/mol. The number of rotatable bonds is 5. The van der Waals surface area contributed by atoms with Gasteiger partial charge < -0.3 is 15.0 Å². The fourth-order valence-corrected chi connectivity index (χ4v) is 3.92. The molecule has 0 aliphatic rings. The molecule has 0 spiro atoms. The van der Waals surface area contributed by atoms with E-state index in [9.17, 15) is 26.7 Å². The normalized spacial score (nSPS) is 12.1. The molecule has 170 valence electrons. The first-order valence-corrected chi connectivity index (χ1v) is 11.3. The summed E-state index contributed by atoms with van der Waals surface area (Å²) in [5, 5.41) is 21.1. The Morgan fingerprint density at radius 2 is 1.78 bits per heavy atom. The Morgan fingerprint density at radius 1 is 1.12 bits per heavy atom. The zero-order valence-electron chi connectivity index (χ0n) is 17.7. The number of aromatic hydroxyl groups is 1. The zero-order valence-corrected chi connectivity index (χ0v) is 19.4. The van der Waals surface area contributed by atoms with Crippen LogP contribution in [0.1, 0.15) is 8.55 Å². The molecule has 0 aliphatic heterocycles. The molecule has 0 fully saturated rings. The van der Waals surface area contributed by atoms with Crippen molar-refractivity contribution in [1.82, 2.24) is 9.78 Å². The molecule has 0 unspecified atom stereocenters. The molecular weight excluding hydrogens is 528 g/mol. The van der Waals surface area contributed by atoms with E-state index >= 15 is 0 Å². The van der Waals surface area contributed by atoms with Crippen LogP contribution in [0.3, 0.4) is 0 Å². The number of aromatic nitrogens is 2. The first-order chi connectivity index (χ1) is 14.3. The zero-order chi connectivity index (χ0) is 23.1. The molecule has 3 N–H and O–H groups in total. The van der Waals surface area contributed by atoms with Crippen molar-refractivity contribution in [3.8, 4) is 11.4 Å². The Morgan fingerprint density at radius 3 is 2.38 bits per heavy atom. The summed E-state index contributed by atoms with van der Waals surface area (Å²) < 4.78 is 64.4. The summed E-state index contributed by atoms with van der Waals surface area (Å²) in [5.74, 6) is -0.936. The number of halogens is 1. The van der Waals surface area contributed by atoms with Crippen molar-refractivity contribution in [1.29, 1.82) is 0 Å². The Balaban J connectivity index is 0.00000363. The minimum absolute atomic E-state index is 0. The van der Waals surface area contributed by atoms with Gasteiger partial charge in [0.2, 0.25) is 0 Å². The maximum Gasteiger partial charge on any atom is 1.00 e. The molecular formula is C16H14ClCrN4O8S2+. The molecule has 3 rings (SSSR count). The number of hydrogen-bond acceptors (Lipinski definition) is 9. The smallest absolute Gasteiger partial charge is 0.504 e. The van der Waals surface area contributed by atoms with Gasteiger partial charge in [0.25, 0.3) is 20.2 Å². The van der Waals surface area contributed by atoms with Crippen molar-refractivity contribution in [2.24, 2.45) is 10.2 Å². The van der Waals surface area contributed by atoms with E-state index in [2.05, 4.69) is 15.3 Å². The molecule has 2 aromatic carbocycles. The predicted octanol–water partition coefficient (Wildman–Crippen LogP) is 2.75. The summed E-state index contributed by atoms with van der Waals surface area (Å²) in [6.07, 6.45) is 0. The molecule has 1 aromatic heterocycles. The van der Waals surface area contributed by atoms with Gasteiger partial charge in [-0.1, -0.05) is 30.3 Å². The van der Waals surface area contributed by atoms with E-state index in [4.69, 9.17) is 20.7 Å². The van der Waals surface area contributed by atoms with Gasteiger partial charge in [0, 0.05) is 22.4 Å². The quantitative estimate of drug-likeness (QED) is 0.248. The van der Waals surface area contributed by atoms with Crippen molar-refractivity contribution < 1.29 is 51.3 Å². The van der Waals surface area contributed by atoms with Gasteiger partial charge >= 0.3 is 2.85 Å². The van der Waals surface area contributed by atoms with Gasteiger partial charge in [0.15, 0.2) is 5.75 Å². The summed E-state index contributed by atoms with van der Waals surface area (Å²) in [6, 6.07) is 6.65. The molecule has 32 heavy (non-hydrogen) atoms. The molecule has 1 heterocycles. The predicted molar refractivity (Wildman–Crippen MR) is 109 cm³/mol. The first-order valence-electron chi connectivity index (χ1n) is 8.05. The minimum Gasteiger partial charge on any atom is -0.504 e. The van der Waals surface area contributed by atoms with E-state index in [1.165, 1.54) is 19.1 Å². The maximum absolute atomic E-state index is 12.7. The second-order valence-electron chi connectivity index (χ2n) is 6.07. The number of phenolic OH excluding ortho intramolecular Hbond substituents is 1. The van der Waals surface area contributed by atoms with E-state index in [1.54, 1.807) is 0 Å². The van der Waals surface area contributed by atoms with Crippen LogP contribution in [0, 0.1) is 6.92 Å². The largest absolute Gasteiger partial charge is 1.00 e. The van der Waals surface area contributed by atoms with Crippen molar-refractivity contribution in [2.45, 2.75) is 16.7 Å². The number of nitrogens with zero attached hydrogens (tertiary/aromatic N) is 4. The number of aryl methyl sites for hydroxylation is 1. The van der Waals surface area contributed by atoms with Gasteiger partial charge in [-0.25, -0.2) is 9.78 Å². The molecule has 0 saturated carbocycles. The van der Waals surface area contributed by atoms with Gasteiger partial charge in [-0.15, -0.1) is 5.69 Å². The van der Waals surface area contributed by atoms with E-state index in [-0.39, 0.29) is 42.3 Å². The van der Waals surface area contributed by atoms with Crippen LogP contribution < -0.4 is 5.56 Å². The van der Waals surface area contributed by atoms with Crippen LogP contribution >= 0.6 is 11.6 Å². The monoisotopic (exact) mass is 541 g/mol. The number of benzene rings is 2. The molecule has 0 saturated heterocycles. The Hall–Kier alpha value is -2.51. The number of hydrogen-bond donors (Lipinski definition) is 3. The summed E-state index contributed by atoms with van der Waals surface area (Å²) in [7, 11) is -9.33. The number of azo groups is 1. The van der Waals surface area contributed by atoms with Crippen LogP contribution in [0.4, 0.5) is 11.4 Å². The molecule has 0 aliphatic carbocycles. The topological polar surface area (TPSA) is 189 Å². The van der Waals surface area contributed by atoms with Gasteiger partial charge in [-0.3, -0.25) is 9.11 Å². The van der Waals surface area contributed by atoms with Gasteiger partial charge in [-0.2, -0.15) is 21.9 Å². The SMILES string of the molecule is Cc1nn(-c2cccc(S(=O)(=O)O)c2)c(=O)[c-]1N=Nc1cc(Cl)cc(S(=O)(=O)O)c1O.[Cr].[H+].[H+]. The van der Waals surface area contributed by atoms with Gasteiger partial charge in [-0.05, 0) is 30.3 Å². The van der Waals surface area contributed by atoms with Crippen LogP contribution in [-0.4, -0.2) is 40.8 Å². The molecule has 0 bridgehead atoms. The minimum atomic E-state index is -4.81. The second-order valence-corrected chi connectivity index (χ2v) is 9.32. The molecule has 0 atom stereocenters. The van der Waals surface area contributed by atoms with Crippen LogP contribution in [0.2, 0.25) is 5.02 Å². The van der Waals surface area contributed by atoms with E-state index in [1.807, 2.05) is 0 Å². The van der Waals surface area contributed by atoms with Crippen LogP contribution in [0.5, 0.6) is 5.75 Å². The standard InChI is InChI=1S/C16H12ClN4O8S2.Cr/c1-8-14(19-18-12-5-9(17)6-13(15(12)22)31(27,28)29)16(23)21(20-8)10-3-2-4-11(7-10)30(24,25)26;/h2-7,22H,1H3,(H,24,25,26)(H,27,28,29);/q-1;/p+2. The van der Waals surface area contributed by atoms with Crippen LogP contribution in [0.15, 0.2) is 61.2 Å². The number of phenols is 1. The fourth-order valence-electron chi connectivity index (χ4n) is 2.50. The summed E-state index contributed by atoms with van der Waals surface area (Å²) in [5.41, 5.74) is -1.47. The summed E-state index contributed by atoms with van der Waals surface area (Å²) >= 11 is 5.77. The van der Waals surface area contributed by atoms with E-state index < -0.39 is 47.0 Å². The second kappa shape index (κ2) is 9.16. The molecule has 0 radical (unpaired) electrons. The molecule has 12 nitrogen and oxygen atoms in total. The first kappa shape index (κ1) is 25.8. The Kier molecular flexibility index (Phi) is 7.37. The average Bonchev–Trinajstić information content (AvgIpc) is 2.94. The Bertz CT molecular complexity index is 1510. The van der Waals surface area contributed by atoms with Gasteiger partial charge in [0.1, 0.15) is 16.1 Å². The third-order valence-electron chi connectivity index (χ3n) is 3.90. The van der Waals surface area contributed by atoms with E-state index in [0.29, 0.717) is 0 Å². The van der Waals surface area contributed by atoms with Crippen molar-refractivity contribution in [2.75, 3.05) is 0 Å². The van der Waals surface area contributed by atoms with Crippen molar-refractivity contribution >= 4 is 43.2 Å². The van der Waals surface area contributed by atoms with Gasteiger partial charge in [0.05, 0.1) is 10.6 Å².